The van der Waals surface area contributed by atoms with Gasteiger partial charge in [0.2, 0.25) is 0 Å². The molecule has 0 N–H and O–H groups in total. The predicted octanol–water partition coefficient (Wildman–Crippen LogP) is 2.43. The Bertz CT molecular complexity index is 229. The number of halogens is 1. The molecule has 0 aromatic heterocycles. The van der Waals surface area contributed by atoms with Crippen molar-refractivity contribution in [3.05, 3.63) is 11.1 Å². The standard InChI is InChI=1S/C11H18ClNO/c1-9(7-12)8-13-5-3-11(4-6-13)10(2)14/h7,11H,3-6,8H2,1-2H3/b9-7+. The van der Waals surface area contributed by atoms with Gasteiger partial charge in [0, 0.05) is 18.0 Å². The molecule has 1 aliphatic heterocycles. The van der Waals surface area contributed by atoms with Crippen LogP contribution < -0.4 is 0 Å². The minimum absolute atomic E-state index is 0.298. The fourth-order valence-electron chi connectivity index (χ4n) is 1.88. The molecule has 0 bridgehead atoms. The summed E-state index contributed by atoms with van der Waals surface area (Å²) in [5.74, 6) is 0.640. The molecule has 1 rings (SSSR count). The second kappa shape index (κ2) is 5.52. The van der Waals surface area contributed by atoms with E-state index in [-0.39, 0.29) is 0 Å². The highest BCUT2D eigenvalue weighted by Gasteiger charge is 2.21. The van der Waals surface area contributed by atoms with E-state index in [9.17, 15) is 4.79 Å². The molecule has 0 radical (unpaired) electrons. The minimum atomic E-state index is 0.298. The zero-order chi connectivity index (χ0) is 10.6. The quantitative estimate of drug-likeness (QED) is 0.721. The zero-order valence-electron chi connectivity index (χ0n) is 8.92. The number of carbonyl (C=O) groups is 1. The number of rotatable bonds is 3. The van der Waals surface area contributed by atoms with Crippen LogP contribution in [0.1, 0.15) is 26.7 Å². The van der Waals surface area contributed by atoms with Crippen molar-refractivity contribution in [2.45, 2.75) is 26.7 Å². The van der Waals surface area contributed by atoms with Crippen molar-refractivity contribution in [3.63, 3.8) is 0 Å². The third-order valence-corrected chi connectivity index (χ3v) is 3.19. The molecule has 3 heteroatoms. The van der Waals surface area contributed by atoms with Crippen molar-refractivity contribution in [1.29, 1.82) is 0 Å². The highest BCUT2D eigenvalue weighted by Crippen LogP contribution is 2.18. The zero-order valence-corrected chi connectivity index (χ0v) is 9.68. The van der Waals surface area contributed by atoms with E-state index in [0.29, 0.717) is 11.7 Å². The van der Waals surface area contributed by atoms with E-state index in [1.165, 1.54) is 5.57 Å². The number of nitrogens with zero attached hydrogens (tertiary/aromatic N) is 1. The third-order valence-electron chi connectivity index (χ3n) is 2.82. The van der Waals surface area contributed by atoms with Crippen LogP contribution in [-0.2, 0) is 4.79 Å². The van der Waals surface area contributed by atoms with E-state index in [2.05, 4.69) is 4.90 Å². The summed E-state index contributed by atoms with van der Waals surface area (Å²) in [5.41, 5.74) is 2.82. The Balaban J connectivity index is 2.32. The summed E-state index contributed by atoms with van der Waals surface area (Å²) < 4.78 is 0. The van der Waals surface area contributed by atoms with E-state index >= 15 is 0 Å². The molecule has 1 fully saturated rings. The Morgan fingerprint density at radius 2 is 2.00 bits per heavy atom. The van der Waals surface area contributed by atoms with E-state index in [4.69, 9.17) is 11.6 Å². The molecule has 1 heterocycles. The molecule has 0 aromatic rings. The Labute approximate surface area is 90.9 Å². The van der Waals surface area contributed by atoms with Crippen LogP contribution in [0.15, 0.2) is 11.1 Å². The van der Waals surface area contributed by atoms with Gasteiger partial charge in [0.1, 0.15) is 5.78 Å². The Morgan fingerprint density at radius 1 is 1.43 bits per heavy atom. The molecule has 0 amide bonds. The van der Waals surface area contributed by atoms with Crippen LogP contribution in [0, 0.1) is 5.92 Å². The molecule has 0 aliphatic carbocycles. The molecule has 0 unspecified atom stereocenters. The summed E-state index contributed by atoms with van der Waals surface area (Å²) in [6, 6.07) is 0. The summed E-state index contributed by atoms with van der Waals surface area (Å²) in [6.45, 7) is 6.71. The molecule has 1 saturated heterocycles. The molecular weight excluding hydrogens is 198 g/mol. The lowest BCUT2D eigenvalue weighted by atomic mass is 9.93. The summed E-state index contributed by atoms with van der Waals surface area (Å²) in [7, 11) is 0. The smallest absolute Gasteiger partial charge is 0.133 e. The number of piperidine rings is 1. The lowest BCUT2D eigenvalue weighted by molar-refractivity contribution is -0.122. The SMILES string of the molecule is CC(=O)C1CCN(C/C(C)=C/Cl)CC1. The second-order valence-electron chi connectivity index (χ2n) is 4.12. The van der Waals surface area contributed by atoms with Gasteiger partial charge in [-0.05, 0) is 45.4 Å². The van der Waals surface area contributed by atoms with E-state index in [1.54, 1.807) is 12.5 Å². The van der Waals surface area contributed by atoms with Gasteiger partial charge in [0.05, 0.1) is 0 Å². The van der Waals surface area contributed by atoms with E-state index in [1.807, 2.05) is 6.92 Å². The van der Waals surface area contributed by atoms with Gasteiger partial charge in [0.25, 0.3) is 0 Å². The maximum atomic E-state index is 11.1. The molecule has 0 spiro atoms. The highest BCUT2D eigenvalue weighted by molar-refractivity contribution is 6.25. The number of hydrogen-bond donors (Lipinski definition) is 0. The lowest BCUT2D eigenvalue weighted by Crippen LogP contribution is -2.36. The average molecular weight is 216 g/mol. The van der Waals surface area contributed by atoms with Gasteiger partial charge < -0.3 is 0 Å². The topological polar surface area (TPSA) is 20.3 Å². The first-order valence-electron chi connectivity index (χ1n) is 5.12. The molecule has 80 valence electrons. The number of carbonyl (C=O) groups excluding carboxylic acids is 1. The van der Waals surface area contributed by atoms with E-state index in [0.717, 1.165) is 32.5 Å². The van der Waals surface area contributed by atoms with Crippen molar-refractivity contribution in [1.82, 2.24) is 4.90 Å². The molecule has 14 heavy (non-hydrogen) atoms. The van der Waals surface area contributed by atoms with Gasteiger partial charge in [-0.2, -0.15) is 0 Å². The summed E-state index contributed by atoms with van der Waals surface area (Å²) in [6.07, 6.45) is 2.01. The number of hydrogen-bond acceptors (Lipinski definition) is 2. The van der Waals surface area contributed by atoms with Crippen LogP contribution >= 0.6 is 11.6 Å². The Hall–Kier alpha value is -0.340. The van der Waals surface area contributed by atoms with Crippen molar-refractivity contribution >= 4 is 17.4 Å². The third kappa shape index (κ3) is 3.43. The molecule has 0 saturated carbocycles. The average Bonchev–Trinajstić information content (AvgIpc) is 2.18. The lowest BCUT2D eigenvalue weighted by Gasteiger charge is -2.30. The monoisotopic (exact) mass is 215 g/mol. The van der Waals surface area contributed by atoms with Gasteiger partial charge >= 0.3 is 0 Å². The molecule has 0 atom stereocenters. The first kappa shape index (κ1) is 11.7. The van der Waals surface area contributed by atoms with Crippen LogP contribution in [0.3, 0.4) is 0 Å². The maximum Gasteiger partial charge on any atom is 0.133 e. The van der Waals surface area contributed by atoms with Crippen LogP contribution in [0.25, 0.3) is 0 Å². The molecule has 0 aromatic carbocycles. The number of ketones is 1. The van der Waals surface area contributed by atoms with Crippen molar-refractivity contribution in [2.24, 2.45) is 5.92 Å². The van der Waals surface area contributed by atoms with Gasteiger partial charge in [-0.15, -0.1) is 0 Å². The Morgan fingerprint density at radius 3 is 2.43 bits per heavy atom. The van der Waals surface area contributed by atoms with E-state index < -0.39 is 0 Å². The first-order valence-corrected chi connectivity index (χ1v) is 5.55. The normalized spacial score (nSPS) is 21.2. The second-order valence-corrected chi connectivity index (χ2v) is 4.33. The Kier molecular flexibility index (Phi) is 4.63. The molecular formula is C11H18ClNO. The van der Waals surface area contributed by atoms with Crippen LogP contribution in [0.4, 0.5) is 0 Å². The van der Waals surface area contributed by atoms with Crippen LogP contribution in [0.5, 0.6) is 0 Å². The van der Waals surface area contributed by atoms with Crippen LogP contribution in [0.2, 0.25) is 0 Å². The van der Waals surface area contributed by atoms with Crippen molar-refractivity contribution in [3.8, 4) is 0 Å². The van der Waals surface area contributed by atoms with Crippen LogP contribution in [-0.4, -0.2) is 30.3 Å². The fraction of sp³-hybridized carbons (Fsp3) is 0.727. The maximum absolute atomic E-state index is 11.1. The minimum Gasteiger partial charge on any atom is -0.300 e. The first-order chi connectivity index (χ1) is 6.63. The fourth-order valence-corrected chi connectivity index (χ4v) is 1.95. The van der Waals surface area contributed by atoms with Gasteiger partial charge in [-0.3, -0.25) is 9.69 Å². The predicted molar refractivity (Wildman–Crippen MR) is 59.5 cm³/mol. The van der Waals surface area contributed by atoms with Gasteiger partial charge in [-0.25, -0.2) is 0 Å². The molecule has 2 nitrogen and oxygen atoms in total. The van der Waals surface area contributed by atoms with Crippen molar-refractivity contribution in [2.75, 3.05) is 19.6 Å². The number of likely N-dealkylation sites (tertiary alicyclic amines) is 1. The molecule has 1 aliphatic rings. The van der Waals surface area contributed by atoms with Gasteiger partial charge in [0.15, 0.2) is 0 Å². The van der Waals surface area contributed by atoms with Crippen molar-refractivity contribution < 1.29 is 4.79 Å². The number of Topliss-reactive ketones (excluding diaryl/α,β-unsaturated/α-hetero) is 1. The summed E-state index contributed by atoms with van der Waals surface area (Å²) in [5, 5.41) is 0. The summed E-state index contributed by atoms with van der Waals surface area (Å²) >= 11 is 5.61. The van der Waals surface area contributed by atoms with Gasteiger partial charge in [-0.1, -0.05) is 11.6 Å². The largest absolute Gasteiger partial charge is 0.300 e. The summed E-state index contributed by atoms with van der Waals surface area (Å²) in [4.78, 5) is 13.5. The highest BCUT2D eigenvalue weighted by atomic mass is 35.5.